The molecule has 0 saturated carbocycles. The van der Waals surface area contributed by atoms with E-state index in [0.29, 0.717) is 12.6 Å². The van der Waals surface area contributed by atoms with Gasteiger partial charge in [0.05, 0.1) is 6.10 Å². The van der Waals surface area contributed by atoms with Gasteiger partial charge in [0, 0.05) is 18.3 Å². The second-order valence-corrected chi connectivity index (χ2v) is 5.22. The summed E-state index contributed by atoms with van der Waals surface area (Å²) in [5.74, 6) is 0.761. The molecule has 0 aliphatic carbocycles. The van der Waals surface area contributed by atoms with Crippen molar-refractivity contribution in [3.05, 3.63) is 35.6 Å². The number of hydrogen-bond acceptors (Lipinski definition) is 3. The second-order valence-electron chi connectivity index (χ2n) is 4.31. The smallest absolute Gasteiger partial charge is 0.123 e. The zero-order valence-corrected chi connectivity index (χ0v) is 11.4. The van der Waals surface area contributed by atoms with Gasteiger partial charge in [-0.2, -0.15) is 11.8 Å². The number of thioether (sulfide) groups is 1. The first kappa shape index (κ1) is 14.5. The fourth-order valence-corrected chi connectivity index (χ4v) is 2.35. The molecule has 0 aliphatic heterocycles. The van der Waals surface area contributed by atoms with Crippen LogP contribution in [0.1, 0.15) is 18.6 Å². The zero-order chi connectivity index (χ0) is 12.8. The number of aliphatic hydroxyl groups is 1. The quantitative estimate of drug-likeness (QED) is 0.847. The maximum atomic E-state index is 12.7. The van der Waals surface area contributed by atoms with Crippen LogP contribution in [0.3, 0.4) is 0 Å². The molecule has 0 heterocycles. The lowest BCUT2D eigenvalue weighted by Gasteiger charge is -2.26. The molecule has 2 unspecified atom stereocenters. The van der Waals surface area contributed by atoms with E-state index >= 15 is 0 Å². The summed E-state index contributed by atoms with van der Waals surface area (Å²) in [6, 6.07) is 6.44. The molecule has 96 valence electrons. The number of benzene rings is 1. The average molecular weight is 257 g/mol. The minimum Gasteiger partial charge on any atom is -0.387 e. The number of hydrogen-bond donors (Lipinski definition) is 1. The van der Waals surface area contributed by atoms with Crippen LogP contribution in [0, 0.1) is 5.82 Å². The molecule has 1 aromatic rings. The highest BCUT2D eigenvalue weighted by molar-refractivity contribution is 7.98. The molecular formula is C13H20FNOS. The molecular weight excluding hydrogens is 237 g/mol. The van der Waals surface area contributed by atoms with Crippen molar-refractivity contribution in [3.8, 4) is 0 Å². The highest BCUT2D eigenvalue weighted by Crippen LogP contribution is 2.16. The van der Waals surface area contributed by atoms with Crippen LogP contribution < -0.4 is 0 Å². The first-order valence-corrected chi connectivity index (χ1v) is 7.06. The molecule has 0 fully saturated rings. The normalized spacial score (nSPS) is 14.9. The van der Waals surface area contributed by atoms with Crippen LogP contribution in [0.25, 0.3) is 0 Å². The molecule has 0 radical (unpaired) electrons. The first-order chi connectivity index (χ1) is 8.04. The Morgan fingerprint density at radius 1 is 1.35 bits per heavy atom. The Kier molecular flexibility index (Phi) is 5.95. The van der Waals surface area contributed by atoms with Gasteiger partial charge in [0.1, 0.15) is 5.82 Å². The summed E-state index contributed by atoms with van der Waals surface area (Å²) < 4.78 is 12.7. The van der Waals surface area contributed by atoms with Crippen molar-refractivity contribution in [2.24, 2.45) is 0 Å². The van der Waals surface area contributed by atoms with Crippen molar-refractivity contribution in [1.29, 1.82) is 0 Å². The van der Waals surface area contributed by atoms with Gasteiger partial charge in [-0.05, 0) is 37.9 Å². The van der Waals surface area contributed by atoms with Crippen LogP contribution in [-0.4, -0.2) is 41.6 Å². The van der Waals surface area contributed by atoms with E-state index < -0.39 is 6.10 Å². The van der Waals surface area contributed by atoms with Crippen LogP contribution in [0.15, 0.2) is 24.3 Å². The predicted octanol–water partition coefficient (Wildman–Crippen LogP) is 2.54. The van der Waals surface area contributed by atoms with Gasteiger partial charge in [-0.3, -0.25) is 4.90 Å². The zero-order valence-electron chi connectivity index (χ0n) is 10.6. The molecule has 1 N–H and O–H groups in total. The molecule has 0 saturated heterocycles. The lowest BCUT2D eigenvalue weighted by molar-refractivity contribution is 0.113. The molecule has 0 amide bonds. The third kappa shape index (κ3) is 4.66. The molecule has 0 aromatic heterocycles. The summed E-state index contributed by atoms with van der Waals surface area (Å²) in [5.41, 5.74) is 0.759. The van der Waals surface area contributed by atoms with E-state index in [0.717, 1.165) is 11.3 Å². The van der Waals surface area contributed by atoms with Crippen molar-refractivity contribution in [2.75, 3.05) is 25.6 Å². The lowest BCUT2D eigenvalue weighted by atomic mass is 10.1. The molecule has 1 rings (SSSR count). The highest BCUT2D eigenvalue weighted by atomic mass is 32.2. The highest BCUT2D eigenvalue weighted by Gasteiger charge is 2.14. The standard InChI is InChI=1S/C13H20FNOS/c1-10(9-17-3)15(2)8-13(16)11-4-6-12(14)7-5-11/h4-7,10,13,16H,8-9H2,1-3H3. The fourth-order valence-electron chi connectivity index (χ4n) is 1.61. The second kappa shape index (κ2) is 6.99. The topological polar surface area (TPSA) is 23.5 Å². The Bertz CT molecular complexity index is 331. The number of rotatable bonds is 6. The molecule has 0 bridgehead atoms. The van der Waals surface area contributed by atoms with E-state index in [4.69, 9.17) is 0 Å². The van der Waals surface area contributed by atoms with Crippen molar-refractivity contribution >= 4 is 11.8 Å². The minimum absolute atomic E-state index is 0.273. The molecule has 1 aromatic carbocycles. The SMILES string of the molecule is CSCC(C)N(C)CC(O)c1ccc(F)cc1. The van der Waals surface area contributed by atoms with Crippen molar-refractivity contribution in [3.63, 3.8) is 0 Å². The summed E-state index contributed by atoms with van der Waals surface area (Å²) in [6.07, 6.45) is 1.51. The molecule has 0 spiro atoms. The van der Waals surface area contributed by atoms with E-state index in [1.54, 1.807) is 23.9 Å². The van der Waals surface area contributed by atoms with Gasteiger partial charge in [0.2, 0.25) is 0 Å². The van der Waals surface area contributed by atoms with Crippen molar-refractivity contribution in [1.82, 2.24) is 4.90 Å². The number of aliphatic hydroxyl groups excluding tert-OH is 1. The van der Waals surface area contributed by atoms with E-state index in [1.165, 1.54) is 12.1 Å². The maximum Gasteiger partial charge on any atom is 0.123 e. The van der Waals surface area contributed by atoms with E-state index in [1.807, 2.05) is 7.05 Å². The van der Waals surface area contributed by atoms with Gasteiger partial charge in [-0.15, -0.1) is 0 Å². The van der Waals surface area contributed by atoms with E-state index in [-0.39, 0.29) is 5.82 Å². The first-order valence-electron chi connectivity index (χ1n) is 5.67. The fraction of sp³-hybridized carbons (Fsp3) is 0.538. The van der Waals surface area contributed by atoms with E-state index in [9.17, 15) is 9.50 Å². The van der Waals surface area contributed by atoms with Crippen molar-refractivity contribution in [2.45, 2.75) is 19.1 Å². The summed E-state index contributed by atoms with van der Waals surface area (Å²) >= 11 is 1.79. The molecule has 2 atom stereocenters. The Balaban J connectivity index is 2.53. The van der Waals surface area contributed by atoms with Crippen LogP contribution in [-0.2, 0) is 0 Å². The van der Waals surface area contributed by atoms with Gasteiger partial charge in [0.25, 0.3) is 0 Å². The largest absolute Gasteiger partial charge is 0.387 e. The number of nitrogens with zero attached hydrogens (tertiary/aromatic N) is 1. The van der Waals surface area contributed by atoms with Crippen LogP contribution in [0.2, 0.25) is 0 Å². The van der Waals surface area contributed by atoms with Gasteiger partial charge >= 0.3 is 0 Å². The molecule has 0 aliphatic rings. The van der Waals surface area contributed by atoms with Crippen LogP contribution in [0.4, 0.5) is 4.39 Å². The third-order valence-corrected chi connectivity index (χ3v) is 3.69. The number of halogens is 1. The molecule has 4 heteroatoms. The molecule has 17 heavy (non-hydrogen) atoms. The monoisotopic (exact) mass is 257 g/mol. The van der Waals surface area contributed by atoms with Crippen LogP contribution in [0.5, 0.6) is 0 Å². The number of likely N-dealkylation sites (N-methyl/N-ethyl adjacent to an activating group) is 1. The average Bonchev–Trinajstić information content (AvgIpc) is 2.30. The Hall–Kier alpha value is -0.580. The summed E-state index contributed by atoms with van der Waals surface area (Å²) in [7, 11) is 1.99. The van der Waals surface area contributed by atoms with E-state index in [2.05, 4.69) is 18.1 Å². The minimum atomic E-state index is -0.565. The Morgan fingerprint density at radius 3 is 2.47 bits per heavy atom. The van der Waals surface area contributed by atoms with Crippen molar-refractivity contribution < 1.29 is 9.50 Å². The summed E-state index contributed by atoms with van der Waals surface area (Å²) in [6.45, 7) is 2.70. The summed E-state index contributed by atoms with van der Waals surface area (Å²) in [5, 5.41) is 10.0. The predicted molar refractivity (Wildman–Crippen MR) is 71.8 cm³/mol. The van der Waals surface area contributed by atoms with Gasteiger partial charge in [-0.1, -0.05) is 12.1 Å². The van der Waals surface area contributed by atoms with Gasteiger partial charge < -0.3 is 5.11 Å². The maximum absolute atomic E-state index is 12.7. The lowest BCUT2D eigenvalue weighted by Crippen LogP contribution is -2.34. The van der Waals surface area contributed by atoms with Gasteiger partial charge in [-0.25, -0.2) is 4.39 Å². The summed E-state index contributed by atoms with van der Waals surface area (Å²) in [4.78, 5) is 2.12. The van der Waals surface area contributed by atoms with Crippen LogP contribution >= 0.6 is 11.8 Å². The third-order valence-electron chi connectivity index (χ3n) is 2.88. The Labute approximate surface area is 107 Å². The molecule has 2 nitrogen and oxygen atoms in total. The Morgan fingerprint density at radius 2 is 1.94 bits per heavy atom. The van der Waals surface area contributed by atoms with Gasteiger partial charge in [0.15, 0.2) is 0 Å².